The maximum absolute atomic E-state index is 9.66. The summed E-state index contributed by atoms with van der Waals surface area (Å²) in [4.78, 5) is 0. The van der Waals surface area contributed by atoms with Gasteiger partial charge in [0.25, 0.3) is 0 Å². The van der Waals surface area contributed by atoms with Crippen molar-refractivity contribution in [2.75, 3.05) is 12.4 Å². The van der Waals surface area contributed by atoms with E-state index >= 15 is 0 Å². The average Bonchev–Trinajstić information content (AvgIpc) is 2.28. The van der Waals surface area contributed by atoms with Crippen LogP contribution in [0.1, 0.15) is 17.2 Å². The molecule has 1 rings (SSSR count). The fraction of sp³-hybridized carbons (Fsp3) is 0.455. The summed E-state index contributed by atoms with van der Waals surface area (Å²) in [5.74, 6) is 0.222. The summed E-state index contributed by atoms with van der Waals surface area (Å²) in [5.41, 5.74) is 1.67. The van der Waals surface area contributed by atoms with Crippen LogP contribution in [-0.4, -0.2) is 33.8 Å². The molecule has 1 aromatic rings. The van der Waals surface area contributed by atoms with Gasteiger partial charge in [0.1, 0.15) is 6.10 Å². The Balaban J connectivity index is 2.70. The minimum atomic E-state index is -0.898. The number of hydrogen-bond donors (Lipinski definition) is 4. The van der Waals surface area contributed by atoms with E-state index in [1.54, 1.807) is 12.1 Å². The third-order valence-electron chi connectivity index (χ3n) is 2.27. The van der Waals surface area contributed by atoms with E-state index in [4.69, 9.17) is 5.11 Å². The van der Waals surface area contributed by atoms with Gasteiger partial charge in [0.05, 0.1) is 6.10 Å². The Kier molecular flexibility index (Phi) is 5.11. The Labute approximate surface area is 94.8 Å². The van der Waals surface area contributed by atoms with E-state index in [0.717, 1.165) is 5.56 Å². The zero-order chi connectivity index (χ0) is 11.3. The van der Waals surface area contributed by atoms with Crippen LogP contribution in [-0.2, 0) is 6.42 Å². The van der Waals surface area contributed by atoms with Crippen molar-refractivity contribution in [2.45, 2.75) is 18.6 Å². The summed E-state index contributed by atoms with van der Waals surface area (Å²) in [6.45, 7) is 0.112. The molecule has 2 unspecified atom stereocenters. The highest BCUT2D eigenvalue weighted by atomic mass is 32.1. The fourth-order valence-corrected chi connectivity index (χ4v) is 1.53. The first-order valence-corrected chi connectivity index (χ1v) is 5.49. The number of aliphatic hydroxyl groups excluding tert-OH is 3. The Morgan fingerprint density at radius 2 is 1.73 bits per heavy atom. The van der Waals surface area contributed by atoms with Gasteiger partial charge in [-0.1, -0.05) is 24.3 Å². The van der Waals surface area contributed by atoms with Gasteiger partial charge in [-0.2, -0.15) is 12.6 Å². The van der Waals surface area contributed by atoms with Crippen molar-refractivity contribution in [3.8, 4) is 0 Å². The quantitative estimate of drug-likeness (QED) is 0.557. The molecule has 0 saturated heterocycles. The second kappa shape index (κ2) is 6.12. The highest BCUT2D eigenvalue weighted by molar-refractivity contribution is 7.80. The predicted octanol–water partition coefficient (Wildman–Crippen LogP) is 0.545. The van der Waals surface area contributed by atoms with Crippen LogP contribution in [0.25, 0.3) is 0 Å². The molecule has 0 aliphatic rings. The third-order valence-corrected chi connectivity index (χ3v) is 2.65. The van der Waals surface area contributed by atoms with Crippen molar-refractivity contribution in [3.05, 3.63) is 35.4 Å². The lowest BCUT2D eigenvalue weighted by Gasteiger charge is -2.16. The Morgan fingerprint density at radius 1 is 1.13 bits per heavy atom. The molecule has 0 aliphatic carbocycles. The Bertz CT molecular complexity index is 286. The van der Waals surface area contributed by atoms with Crippen LogP contribution in [0, 0.1) is 0 Å². The molecule has 3 N–H and O–H groups in total. The molecule has 0 saturated carbocycles. The van der Waals surface area contributed by atoms with Gasteiger partial charge in [0, 0.05) is 12.4 Å². The number of aliphatic hydroxyl groups is 3. The molecule has 84 valence electrons. The van der Waals surface area contributed by atoms with Gasteiger partial charge in [-0.15, -0.1) is 0 Å². The molecule has 0 radical (unpaired) electrons. The largest absolute Gasteiger partial charge is 0.396 e. The van der Waals surface area contributed by atoms with Crippen molar-refractivity contribution in [1.82, 2.24) is 0 Å². The van der Waals surface area contributed by atoms with Crippen LogP contribution in [0.2, 0.25) is 0 Å². The summed E-state index contributed by atoms with van der Waals surface area (Å²) in [6.07, 6.45) is -1.14. The molecule has 4 heteroatoms. The van der Waals surface area contributed by atoms with E-state index in [9.17, 15) is 10.2 Å². The molecule has 0 amide bonds. The van der Waals surface area contributed by atoms with Crippen LogP contribution in [0.3, 0.4) is 0 Å². The molecule has 15 heavy (non-hydrogen) atoms. The minimum absolute atomic E-state index is 0.112. The van der Waals surface area contributed by atoms with Crippen LogP contribution < -0.4 is 0 Å². The van der Waals surface area contributed by atoms with Crippen LogP contribution in [0.4, 0.5) is 0 Å². The highest BCUT2D eigenvalue weighted by Gasteiger charge is 2.16. The maximum atomic E-state index is 9.66. The van der Waals surface area contributed by atoms with Crippen LogP contribution >= 0.6 is 12.6 Å². The van der Waals surface area contributed by atoms with Crippen LogP contribution in [0.15, 0.2) is 24.3 Å². The smallest absolute Gasteiger partial charge is 0.106 e. The second-order valence-corrected chi connectivity index (χ2v) is 3.78. The first-order valence-electron chi connectivity index (χ1n) is 4.85. The molecule has 0 fully saturated rings. The van der Waals surface area contributed by atoms with Crippen molar-refractivity contribution in [2.24, 2.45) is 0 Å². The molecule has 0 spiro atoms. The summed E-state index contributed by atoms with van der Waals surface area (Å²) < 4.78 is 0. The lowest BCUT2D eigenvalue weighted by molar-refractivity contribution is 0.0337. The zero-order valence-corrected chi connectivity index (χ0v) is 9.27. The molecule has 1 aromatic carbocycles. The van der Waals surface area contributed by atoms with E-state index < -0.39 is 12.2 Å². The Morgan fingerprint density at radius 3 is 2.20 bits per heavy atom. The standard InChI is InChI=1S/C11H16O3S/c12-6-5-8-1-3-9(4-2-8)11(14)10(13)7-15/h1-4,10-15H,5-7H2. The normalized spacial score (nSPS) is 14.9. The fourth-order valence-electron chi connectivity index (χ4n) is 1.33. The summed E-state index contributed by atoms with van der Waals surface area (Å²) >= 11 is 3.92. The summed E-state index contributed by atoms with van der Waals surface area (Å²) in [6, 6.07) is 7.17. The molecular weight excluding hydrogens is 212 g/mol. The van der Waals surface area contributed by atoms with E-state index in [1.807, 2.05) is 12.1 Å². The van der Waals surface area contributed by atoms with Gasteiger partial charge in [0.2, 0.25) is 0 Å². The van der Waals surface area contributed by atoms with Crippen molar-refractivity contribution >= 4 is 12.6 Å². The molecule has 0 heterocycles. The highest BCUT2D eigenvalue weighted by Crippen LogP contribution is 2.18. The summed E-state index contributed by atoms with van der Waals surface area (Å²) in [5, 5.41) is 27.8. The SMILES string of the molecule is OCCc1ccc(C(O)C(O)CS)cc1. The lowest BCUT2D eigenvalue weighted by Crippen LogP contribution is -2.19. The summed E-state index contributed by atoms with van der Waals surface area (Å²) in [7, 11) is 0. The van der Waals surface area contributed by atoms with Gasteiger partial charge in [-0.05, 0) is 17.5 Å². The number of hydrogen-bond acceptors (Lipinski definition) is 4. The molecule has 0 aliphatic heterocycles. The van der Waals surface area contributed by atoms with Gasteiger partial charge < -0.3 is 15.3 Å². The molecule has 2 atom stereocenters. The topological polar surface area (TPSA) is 60.7 Å². The van der Waals surface area contributed by atoms with Crippen molar-refractivity contribution in [3.63, 3.8) is 0 Å². The molecule has 3 nitrogen and oxygen atoms in total. The predicted molar refractivity (Wildman–Crippen MR) is 62.1 cm³/mol. The van der Waals surface area contributed by atoms with E-state index in [-0.39, 0.29) is 12.4 Å². The third kappa shape index (κ3) is 3.50. The van der Waals surface area contributed by atoms with E-state index in [0.29, 0.717) is 12.0 Å². The first-order chi connectivity index (χ1) is 7.19. The van der Waals surface area contributed by atoms with Gasteiger partial charge in [0.15, 0.2) is 0 Å². The average molecular weight is 228 g/mol. The minimum Gasteiger partial charge on any atom is -0.396 e. The van der Waals surface area contributed by atoms with Gasteiger partial charge in [-0.25, -0.2) is 0 Å². The van der Waals surface area contributed by atoms with Crippen molar-refractivity contribution in [1.29, 1.82) is 0 Å². The maximum Gasteiger partial charge on any atom is 0.106 e. The van der Waals surface area contributed by atoms with E-state index in [1.165, 1.54) is 0 Å². The molecule has 0 aromatic heterocycles. The molecular formula is C11H16O3S. The van der Waals surface area contributed by atoms with Crippen molar-refractivity contribution < 1.29 is 15.3 Å². The number of rotatable bonds is 5. The monoisotopic (exact) mass is 228 g/mol. The lowest BCUT2D eigenvalue weighted by atomic mass is 10.0. The van der Waals surface area contributed by atoms with Gasteiger partial charge in [-0.3, -0.25) is 0 Å². The first kappa shape index (κ1) is 12.5. The number of thiol groups is 1. The Hall–Kier alpha value is -0.550. The van der Waals surface area contributed by atoms with Gasteiger partial charge >= 0.3 is 0 Å². The zero-order valence-electron chi connectivity index (χ0n) is 8.37. The van der Waals surface area contributed by atoms with Crippen LogP contribution in [0.5, 0.6) is 0 Å². The molecule has 0 bridgehead atoms. The van der Waals surface area contributed by atoms with E-state index in [2.05, 4.69) is 12.6 Å². The number of benzene rings is 1. The second-order valence-electron chi connectivity index (χ2n) is 3.41.